The number of rotatable bonds is 5. The molecule has 18 heavy (non-hydrogen) atoms. The van der Waals surface area contributed by atoms with Gasteiger partial charge in [0.2, 0.25) is 0 Å². The highest BCUT2D eigenvalue weighted by Crippen LogP contribution is 2.33. The zero-order valence-corrected chi connectivity index (χ0v) is 11.9. The molecule has 4 nitrogen and oxygen atoms in total. The molecule has 0 aromatic heterocycles. The Morgan fingerprint density at radius 2 is 2.22 bits per heavy atom. The Hall–Kier alpha value is -0.160. The van der Waals surface area contributed by atoms with Crippen molar-refractivity contribution >= 4 is 0 Å². The van der Waals surface area contributed by atoms with Gasteiger partial charge in [0, 0.05) is 38.8 Å². The highest BCUT2D eigenvalue weighted by atomic mass is 16.6. The number of methoxy groups -OCH3 is 1. The van der Waals surface area contributed by atoms with Crippen LogP contribution in [-0.4, -0.2) is 51.2 Å². The van der Waals surface area contributed by atoms with Crippen molar-refractivity contribution in [3.63, 3.8) is 0 Å². The van der Waals surface area contributed by atoms with Crippen LogP contribution >= 0.6 is 0 Å². The minimum Gasteiger partial charge on any atom is -0.383 e. The van der Waals surface area contributed by atoms with E-state index in [1.807, 2.05) is 0 Å². The third-order valence-electron chi connectivity index (χ3n) is 4.16. The van der Waals surface area contributed by atoms with Crippen molar-refractivity contribution in [2.75, 3.05) is 33.5 Å². The third-order valence-corrected chi connectivity index (χ3v) is 4.16. The zero-order valence-electron chi connectivity index (χ0n) is 11.9. The summed E-state index contributed by atoms with van der Waals surface area (Å²) in [5.74, 6) is 0.587. The van der Waals surface area contributed by atoms with Crippen molar-refractivity contribution in [1.29, 1.82) is 0 Å². The minimum absolute atomic E-state index is 0.00941. The lowest BCUT2D eigenvalue weighted by Gasteiger charge is -2.39. The van der Waals surface area contributed by atoms with Gasteiger partial charge in [0.1, 0.15) is 0 Å². The molecule has 0 saturated carbocycles. The van der Waals surface area contributed by atoms with Crippen LogP contribution in [0.4, 0.5) is 0 Å². The molecule has 4 heteroatoms. The Balaban J connectivity index is 1.88. The molecule has 2 aliphatic rings. The Bertz CT molecular complexity index is 251. The minimum atomic E-state index is -0.00941. The molecule has 2 fully saturated rings. The molecule has 0 radical (unpaired) electrons. The van der Waals surface area contributed by atoms with Crippen LogP contribution in [0.2, 0.25) is 0 Å². The first kappa shape index (κ1) is 14.3. The molecule has 2 rings (SSSR count). The predicted molar refractivity (Wildman–Crippen MR) is 70.8 cm³/mol. The molecule has 2 aliphatic heterocycles. The van der Waals surface area contributed by atoms with E-state index in [0.29, 0.717) is 18.0 Å². The molecule has 1 spiro atoms. The molecular formula is C14H27NO3. The van der Waals surface area contributed by atoms with Crippen LogP contribution in [0.25, 0.3) is 0 Å². The van der Waals surface area contributed by atoms with Crippen LogP contribution in [0.3, 0.4) is 0 Å². The predicted octanol–water partition coefficient (Wildman–Crippen LogP) is 1.59. The Morgan fingerprint density at radius 3 is 2.83 bits per heavy atom. The second-order valence-corrected chi connectivity index (χ2v) is 6.00. The van der Waals surface area contributed by atoms with Gasteiger partial charge in [-0.1, -0.05) is 13.8 Å². The maximum Gasteiger partial charge on any atom is 0.0951 e. The van der Waals surface area contributed by atoms with E-state index in [1.165, 1.54) is 0 Å². The number of nitrogens with one attached hydrogen (secondary N) is 1. The van der Waals surface area contributed by atoms with Crippen molar-refractivity contribution in [3.05, 3.63) is 0 Å². The van der Waals surface area contributed by atoms with Crippen LogP contribution in [0, 0.1) is 5.92 Å². The Kier molecular flexibility index (Phi) is 5.01. The van der Waals surface area contributed by atoms with E-state index in [0.717, 1.165) is 45.7 Å². The van der Waals surface area contributed by atoms with Gasteiger partial charge in [0.05, 0.1) is 18.8 Å². The van der Waals surface area contributed by atoms with E-state index in [1.54, 1.807) is 7.11 Å². The summed E-state index contributed by atoms with van der Waals surface area (Å²) in [5, 5.41) is 3.75. The molecule has 3 atom stereocenters. The van der Waals surface area contributed by atoms with Crippen molar-refractivity contribution in [2.24, 2.45) is 5.92 Å². The fourth-order valence-electron chi connectivity index (χ4n) is 2.95. The Labute approximate surface area is 110 Å². The average Bonchev–Trinajstić information content (AvgIpc) is 2.77. The summed E-state index contributed by atoms with van der Waals surface area (Å²) in [6, 6.07) is 0.959. The van der Waals surface area contributed by atoms with Crippen molar-refractivity contribution in [3.8, 4) is 0 Å². The molecule has 1 N–H and O–H groups in total. The second-order valence-electron chi connectivity index (χ2n) is 6.00. The Morgan fingerprint density at radius 1 is 1.39 bits per heavy atom. The van der Waals surface area contributed by atoms with Crippen LogP contribution in [0.15, 0.2) is 0 Å². The first-order valence-electron chi connectivity index (χ1n) is 7.12. The van der Waals surface area contributed by atoms with Crippen molar-refractivity contribution in [2.45, 2.75) is 50.8 Å². The first-order valence-corrected chi connectivity index (χ1v) is 7.12. The monoisotopic (exact) mass is 257 g/mol. The standard InChI is InChI=1S/C14H27NO3/c1-11(2)13(9-16-3)15-12-4-6-18-14(8-12)5-7-17-10-14/h11-13,15H,4-10H2,1-3H3. The van der Waals surface area contributed by atoms with Crippen LogP contribution in [0.1, 0.15) is 33.1 Å². The summed E-state index contributed by atoms with van der Waals surface area (Å²) in [6.45, 7) is 7.71. The van der Waals surface area contributed by atoms with Crippen molar-refractivity contribution in [1.82, 2.24) is 5.32 Å². The SMILES string of the molecule is COCC(NC1CCOC2(CCOC2)C1)C(C)C. The molecule has 2 heterocycles. The molecule has 0 aliphatic carbocycles. The summed E-state index contributed by atoms with van der Waals surface area (Å²) in [5.41, 5.74) is -0.00941. The van der Waals surface area contributed by atoms with Gasteiger partial charge in [-0.15, -0.1) is 0 Å². The average molecular weight is 257 g/mol. The summed E-state index contributed by atoms with van der Waals surface area (Å²) in [7, 11) is 1.77. The quantitative estimate of drug-likeness (QED) is 0.812. The lowest BCUT2D eigenvalue weighted by Crippen LogP contribution is -2.52. The molecule has 0 aromatic carbocycles. The lowest BCUT2D eigenvalue weighted by atomic mass is 9.88. The van der Waals surface area contributed by atoms with E-state index < -0.39 is 0 Å². The molecule has 3 unspecified atom stereocenters. The molecule has 0 amide bonds. The lowest BCUT2D eigenvalue weighted by molar-refractivity contribution is -0.0916. The van der Waals surface area contributed by atoms with E-state index in [2.05, 4.69) is 19.2 Å². The topological polar surface area (TPSA) is 39.7 Å². The molecule has 2 saturated heterocycles. The van der Waals surface area contributed by atoms with E-state index >= 15 is 0 Å². The molecule has 0 aromatic rings. The van der Waals surface area contributed by atoms with E-state index in [-0.39, 0.29) is 5.60 Å². The molecular weight excluding hydrogens is 230 g/mol. The smallest absolute Gasteiger partial charge is 0.0951 e. The van der Waals surface area contributed by atoms with E-state index in [4.69, 9.17) is 14.2 Å². The fourth-order valence-corrected chi connectivity index (χ4v) is 2.95. The van der Waals surface area contributed by atoms with E-state index in [9.17, 15) is 0 Å². The summed E-state index contributed by atoms with van der Waals surface area (Å²) >= 11 is 0. The van der Waals surface area contributed by atoms with Gasteiger partial charge in [-0.05, 0) is 18.8 Å². The maximum absolute atomic E-state index is 5.96. The summed E-state index contributed by atoms with van der Waals surface area (Å²) in [4.78, 5) is 0. The molecule has 0 bridgehead atoms. The normalized spacial score (nSPS) is 34.3. The highest BCUT2D eigenvalue weighted by Gasteiger charge is 2.41. The maximum atomic E-state index is 5.96. The summed E-state index contributed by atoms with van der Waals surface area (Å²) in [6.07, 6.45) is 3.20. The zero-order chi connectivity index (χ0) is 13.0. The van der Waals surface area contributed by atoms with Gasteiger partial charge in [0.15, 0.2) is 0 Å². The first-order chi connectivity index (χ1) is 8.65. The van der Waals surface area contributed by atoms with Crippen LogP contribution in [-0.2, 0) is 14.2 Å². The summed E-state index contributed by atoms with van der Waals surface area (Å²) < 4.78 is 16.8. The van der Waals surface area contributed by atoms with Gasteiger partial charge in [0.25, 0.3) is 0 Å². The van der Waals surface area contributed by atoms with Gasteiger partial charge in [-0.2, -0.15) is 0 Å². The van der Waals surface area contributed by atoms with Crippen LogP contribution in [0.5, 0.6) is 0 Å². The highest BCUT2D eigenvalue weighted by molar-refractivity contribution is 4.93. The molecule has 106 valence electrons. The van der Waals surface area contributed by atoms with Gasteiger partial charge < -0.3 is 19.5 Å². The van der Waals surface area contributed by atoms with Gasteiger partial charge >= 0.3 is 0 Å². The van der Waals surface area contributed by atoms with Crippen molar-refractivity contribution < 1.29 is 14.2 Å². The fraction of sp³-hybridized carbons (Fsp3) is 1.00. The van der Waals surface area contributed by atoms with Gasteiger partial charge in [-0.3, -0.25) is 0 Å². The van der Waals surface area contributed by atoms with Gasteiger partial charge in [-0.25, -0.2) is 0 Å². The second kappa shape index (κ2) is 6.33. The number of hydrogen-bond acceptors (Lipinski definition) is 4. The number of ether oxygens (including phenoxy) is 3. The van der Waals surface area contributed by atoms with Crippen LogP contribution < -0.4 is 5.32 Å². The largest absolute Gasteiger partial charge is 0.383 e. The third kappa shape index (κ3) is 3.44. The number of hydrogen-bond donors (Lipinski definition) is 1.